The second-order valence-electron chi connectivity index (χ2n) is 6.22. The zero-order valence-corrected chi connectivity index (χ0v) is 15.1. The van der Waals surface area contributed by atoms with Crippen LogP contribution in [0.5, 0.6) is 0 Å². The molecule has 3 rings (SSSR count). The summed E-state index contributed by atoms with van der Waals surface area (Å²) in [5.74, 6) is -0.680. The molecule has 6 heteroatoms. The van der Waals surface area contributed by atoms with Gasteiger partial charge in [0.25, 0.3) is 11.8 Å². The van der Waals surface area contributed by atoms with E-state index < -0.39 is 0 Å². The fraction of sp³-hybridized carbons (Fsp3) is 0.190. The average molecular weight is 362 g/mol. The molecule has 1 aromatic heterocycles. The summed E-state index contributed by atoms with van der Waals surface area (Å²) in [4.78, 5) is 28.8. The fourth-order valence-corrected chi connectivity index (χ4v) is 2.94. The summed E-state index contributed by atoms with van der Waals surface area (Å²) in [6.07, 6.45) is 0. The van der Waals surface area contributed by atoms with Crippen molar-refractivity contribution in [3.05, 3.63) is 77.6 Å². The van der Waals surface area contributed by atoms with Gasteiger partial charge in [0.15, 0.2) is 0 Å². The molecule has 0 saturated carbocycles. The second kappa shape index (κ2) is 8.42. The van der Waals surface area contributed by atoms with Crippen molar-refractivity contribution in [3.63, 3.8) is 0 Å². The Kier molecular flexibility index (Phi) is 5.78. The first kappa shape index (κ1) is 18.5. The zero-order valence-electron chi connectivity index (χ0n) is 15.1. The number of nitrogens with zero attached hydrogens (tertiary/aromatic N) is 1. The van der Waals surface area contributed by atoms with Gasteiger partial charge < -0.3 is 16.4 Å². The van der Waals surface area contributed by atoms with E-state index >= 15 is 0 Å². The lowest BCUT2D eigenvalue weighted by Gasteiger charge is -2.16. The van der Waals surface area contributed by atoms with Crippen molar-refractivity contribution in [3.8, 4) is 0 Å². The van der Waals surface area contributed by atoms with Crippen molar-refractivity contribution in [2.75, 3.05) is 13.1 Å². The molecule has 138 valence electrons. The minimum Gasteiger partial charge on any atom is -0.349 e. The molecule has 3 aromatic rings. The molecular weight excluding hydrogens is 340 g/mol. The van der Waals surface area contributed by atoms with Crippen LogP contribution in [0.15, 0.2) is 60.7 Å². The number of carbonyl (C=O) groups excluding carboxylic acids is 2. The lowest BCUT2D eigenvalue weighted by Crippen LogP contribution is -2.31. The van der Waals surface area contributed by atoms with Gasteiger partial charge in [0.05, 0.1) is 6.04 Å². The summed E-state index contributed by atoms with van der Waals surface area (Å²) in [5, 5.41) is 7.82. The molecule has 1 atom stereocenters. The highest BCUT2D eigenvalue weighted by Crippen LogP contribution is 2.24. The number of carbonyl (C=O) groups is 2. The van der Waals surface area contributed by atoms with Crippen molar-refractivity contribution in [2.24, 2.45) is 5.73 Å². The van der Waals surface area contributed by atoms with Crippen LogP contribution in [0.1, 0.15) is 39.5 Å². The van der Waals surface area contributed by atoms with Crippen molar-refractivity contribution in [2.45, 2.75) is 13.0 Å². The van der Waals surface area contributed by atoms with Crippen LogP contribution in [0.3, 0.4) is 0 Å². The maximum absolute atomic E-state index is 12.6. The summed E-state index contributed by atoms with van der Waals surface area (Å²) >= 11 is 0. The monoisotopic (exact) mass is 362 g/mol. The van der Waals surface area contributed by atoms with Gasteiger partial charge >= 0.3 is 0 Å². The Morgan fingerprint density at radius 1 is 0.963 bits per heavy atom. The molecule has 1 heterocycles. The SMILES string of the molecule is C[C@@H](NC(=O)c1cccc(C(=O)NCCN)n1)c1cccc2ccccc12. The van der Waals surface area contributed by atoms with Gasteiger partial charge in [0, 0.05) is 13.1 Å². The Balaban J connectivity index is 1.78. The van der Waals surface area contributed by atoms with E-state index in [0.29, 0.717) is 13.1 Å². The smallest absolute Gasteiger partial charge is 0.270 e. The molecular formula is C21H22N4O2. The lowest BCUT2D eigenvalue weighted by molar-refractivity contribution is 0.0934. The number of pyridine rings is 1. The Hall–Kier alpha value is -3.25. The Bertz CT molecular complexity index is 966. The predicted molar refractivity (Wildman–Crippen MR) is 105 cm³/mol. The number of amides is 2. The Labute approximate surface area is 157 Å². The van der Waals surface area contributed by atoms with E-state index in [1.54, 1.807) is 18.2 Å². The van der Waals surface area contributed by atoms with Gasteiger partial charge in [-0.2, -0.15) is 0 Å². The second-order valence-corrected chi connectivity index (χ2v) is 6.22. The number of hydrogen-bond acceptors (Lipinski definition) is 4. The van der Waals surface area contributed by atoms with E-state index in [-0.39, 0.29) is 29.2 Å². The quantitative estimate of drug-likeness (QED) is 0.627. The van der Waals surface area contributed by atoms with Gasteiger partial charge in [-0.25, -0.2) is 4.98 Å². The van der Waals surface area contributed by atoms with Crippen LogP contribution in [-0.2, 0) is 0 Å². The molecule has 0 fully saturated rings. The van der Waals surface area contributed by atoms with Crippen molar-refractivity contribution in [1.29, 1.82) is 0 Å². The van der Waals surface area contributed by atoms with Crippen LogP contribution in [0.2, 0.25) is 0 Å². The van der Waals surface area contributed by atoms with Crippen LogP contribution in [-0.4, -0.2) is 29.9 Å². The minimum absolute atomic E-state index is 0.189. The van der Waals surface area contributed by atoms with Crippen molar-refractivity contribution in [1.82, 2.24) is 15.6 Å². The molecule has 0 radical (unpaired) electrons. The number of rotatable bonds is 6. The normalized spacial score (nSPS) is 11.8. The number of fused-ring (bicyclic) bond motifs is 1. The highest BCUT2D eigenvalue weighted by molar-refractivity contribution is 5.96. The largest absolute Gasteiger partial charge is 0.349 e. The van der Waals surface area contributed by atoms with E-state index in [4.69, 9.17) is 5.73 Å². The summed E-state index contributed by atoms with van der Waals surface area (Å²) in [5.41, 5.74) is 6.80. The molecule has 2 amide bonds. The number of nitrogens with one attached hydrogen (secondary N) is 2. The summed E-state index contributed by atoms with van der Waals surface area (Å²) in [7, 11) is 0. The zero-order chi connectivity index (χ0) is 19.2. The van der Waals surface area contributed by atoms with E-state index in [1.165, 1.54) is 0 Å². The number of aromatic nitrogens is 1. The molecule has 0 unspecified atom stereocenters. The third-order valence-corrected chi connectivity index (χ3v) is 4.28. The number of hydrogen-bond donors (Lipinski definition) is 3. The molecule has 2 aromatic carbocycles. The predicted octanol–water partition coefficient (Wildman–Crippen LogP) is 2.41. The fourth-order valence-electron chi connectivity index (χ4n) is 2.94. The highest BCUT2D eigenvalue weighted by atomic mass is 16.2. The maximum atomic E-state index is 12.6. The highest BCUT2D eigenvalue weighted by Gasteiger charge is 2.16. The molecule has 6 nitrogen and oxygen atoms in total. The van der Waals surface area contributed by atoms with Gasteiger partial charge in [0.2, 0.25) is 0 Å². The van der Waals surface area contributed by atoms with Crippen LogP contribution in [0.4, 0.5) is 0 Å². The Morgan fingerprint density at radius 2 is 1.63 bits per heavy atom. The first-order chi connectivity index (χ1) is 13.1. The van der Waals surface area contributed by atoms with Gasteiger partial charge in [-0.05, 0) is 35.4 Å². The molecule has 0 aliphatic heterocycles. The van der Waals surface area contributed by atoms with E-state index in [0.717, 1.165) is 16.3 Å². The summed E-state index contributed by atoms with van der Waals surface area (Å²) < 4.78 is 0. The minimum atomic E-state index is -0.350. The number of benzene rings is 2. The van der Waals surface area contributed by atoms with Crippen LogP contribution in [0.25, 0.3) is 10.8 Å². The standard InChI is InChI=1S/C21H22N4O2/c1-14(16-9-4-7-15-6-2-3-8-17(15)16)24-21(27)19-11-5-10-18(25-19)20(26)23-13-12-22/h2-11,14H,12-13,22H2,1H3,(H,23,26)(H,24,27)/t14-/m1/s1. The number of nitrogens with two attached hydrogens (primary N) is 1. The Morgan fingerprint density at radius 3 is 2.41 bits per heavy atom. The van der Waals surface area contributed by atoms with Gasteiger partial charge in [0.1, 0.15) is 11.4 Å². The summed E-state index contributed by atoms with van der Waals surface area (Å²) in [6.45, 7) is 2.63. The van der Waals surface area contributed by atoms with Crippen LogP contribution >= 0.6 is 0 Å². The van der Waals surface area contributed by atoms with Gasteiger partial charge in [-0.3, -0.25) is 9.59 Å². The van der Waals surface area contributed by atoms with E-state index in [9.17, 15) is 9.59 Å². The maximum Gasteiger partial charge on any atom is 0.270 e. The van der Waals surface area contributed by atoms with Crippen LogP contribution in [0, 0.1) is 0 Å². The topological polar surface area (TPSA) is 97.1 Å². The molecule has 4 N–H and O–H groups in total. The van der Waals surface area contributed by atoms with Crippen LogP contribution < -0.4 is 16.4 Å². The van der Waals surface area contributed by atoms with Crippen molar-refractivity contribution >= 4 is 22.6 Å². The van der Waals surface area contributed by atoms with E-state index in [1.807, 2.05) is 49.4 Å². The molecule has 0 bridgehead atoms. The van der Waals surface area contributed by atoms with Gasteiger partial charge in [-0.15, -0.1) is 0 Å². The van der Waals surface area contributed by atoms with Gasteiger partial charge in [-0.1, -0.05) is 48.5 Å². The average Bonchev–Trinajstić information content (AvgIpc) is 2.71. The first-order valence-electron chi connectivity index (χ1n) is 8.84. The molecule has 0 aliphatic carbocycles. The summed E-state index contributed by atoms with van der Waals surface area (Å²) in [6, 6.07) is 18.6. The molecule has 27 heavy (non-hydrogen) atoms. The van der Waals surface area contributed by atoms with E-state index in [2.05, 4.69) is 15.6 Å². The van der Waals surface area contributed by atoms with Crippen molar-refractivity contribution < 1.29 is 9.59 Å². The molecule has 0 saturated heterocycles. The third kappa shape index (κ3) is 4.30. The molecule has 0 aliphatic rings. The third-order valence-electron chi connectivity index (χ3n) is 4.28. The lowest BCUT2D eigenvalue weighted by atomic mass is 9.99. The first-order valence-corrected chi connectivity index (χ1v) is 8.84. The molecule has 0 spiro atoms.